The van der Waals surface area contributed by atoms with Crippen molar-refractivity contribution in [3.05, 3.63) is 53.1 Å². The Morgan fingerprint density at radius 2 is 1.97 bits per heavy atom. The van der Waals surface area contributed by atoms with Crippen LogP contribution in [0.15, 0.2) is 46.8 Å². The standard InChI is InChI=1S/C20H16ClF3N2O3S2/c21-13-8-7-12(20(22,23)24)10-15(13)25-17(27)11-29-18(28)6-3-9-30-19-26-14-4-1-2-5-16(14)31-19/h1-2,4-5,7-8,10H,3,6,9,11H2,(H,25,27). The van der Waals surface area contributed by atoms with Crippen LogP contribution in [0.2, 0.25) is 5.02 Å². The molecule has 164 valence electrons. The van der Waals surface area contributed by atoms with E-state index >= 15 is 0 Å². The van der Waals surface area contributed by atoms with Crippen molar-refractivity contribution in [3.63, 3.8) is 0 Å². The van der Waals surface area contributed by atoms with E-state index < -0.39 is 30.2 Å². The van der Waals surface area contributed by atoms with Crippen LogP contribution in [-0.2, 0) is 20.5 Å². The molecule has 0 saturated heterocycles. The summed E-state index contributed by atoms with van der Waals surface area (Å²) in [5.74, 6) is -0.699. The average molecular weight is 489 g/mol. The Morgan fingerprint density at radius 1 is 1.19 bits per heavy atom. The largest absolute Gasteiger partial charge is 0.456 e. The number of fused-ring (bicyclic) bond motifs is 1. The monoisotopic (exact) mass is 488 g/mol. The molecular weight excluding hydrogens is 473 g/mol. The lowest BCUT2D eigenvalue weighted by molar-refractivity contribution is -0.147. The number of nitrogens with one attached hydrogen (secondary N) is 1. The molecule has 11 heteroatoms. The molecule has 0 atom stereocenters. The third-order valence-corrected chi connectivity index (χ3v) is 6.55. The summed E-state index contributed by atoms with van der Waals surface area (Å²) in [4.78, 5) is 28.2. The molecule has 0 spiro atoms. The number of nitrogens with zero attached hydrogens (tertiary/aromatic N) is 1. The zero-order valence-electron chi connectivity index (χ0n) is 15.9. The molecule has 31 heavy (non-hydrogen) atoms. The Hall–Kier alpha value is -2.30. The smallest absolute Gasteiger partial charge is 0.416 e. The summed E-state index contributed by atoms with van der Waals surface area (Å²) in [7, 11) is 0. The summed E-state index contributed by atoms with van der Waals surface area (Å²) in [5, 5.41) is 2.16. The van der Waals surface area contributed by atoms with Gasteiger partial charge in [-0.25, -0.2) is 4.98 Å². The highest BCUT2D eigenvalue weighted by Gasteiger charge is 2.31. The summed E-state index contributed by atoms with van der Waals surface area (Å²) >= 11 is 8.93. The molecular formula is C20H16ClF3N2O3S2. The zero-order valence-corrected chi connectivity index (χ0v) is 18.3. The number of esters is 1. The molecule has 3 aromatic rings. The van der Waals surface area contributed by atoms with Crippen molar-refractivity contribution in [2.45, 2.75) is 23.4 Å². The number of anilines is 1. The number of aromatic nitrogens is 1. The molecule has 1 heterocycles. The van der Waals surface area contributed by atoms with E-state index in [1.54, 1.807) is 11.3 Å². The number of para-hydroxylation sites is 1. The van der Waals surface area contributed by atoms with Crippen molar-refractivity contribution in [1.29, 1.82) is 0 Å². The van der Waals surface area contributed by atoms with Crippen molar-refractivity contribution in [3.8, 4) is 0 Å². The molecule has 0 saturated carbocycles. The SMILES string of the molecule is O=C(COC(=O)CCCSc1nc2ccccc2s1)Nc1cc(C(F)(F)F)ccc1Cl. The molecule has 0 unspecified atom stereocenters. The second-order valence-electron chi connectivity index (χ2n) is 6.30. The minimum atomic E-state index is -4.57. The first kappa shape index (κ1) is 23.4. The number of hydrogen-bond acceptors (Lipinski definition) is 6. The van der Waals surface area contributed by atoms with Gasteiger partial charge in [0.15, 0.2) is 10.9 Å². The lowest BCUT2D eigenvalue weighted by atomic mass is 10.2. The zero-order chi connectivity index (χ0) is 22.4. The van der Waals surface area contributed by atoms with Gasteiger partial charge in [0.1, 0.15) is 0 Å². The number of rotatable bonds is 8. The molecule has 5 nitrogen and oxygen atoms in total. The quantitative estimate of drug-likeness (QED) is 0.238. The third kappa shape index (κ3) is 6.84. The first-order valence-electron chi connectivity index (χ1n) is 9.03. The van der Waals surface area contributed by atoms with Gasteiger partial charge < -0.3 is 10.1 Å². The number of ether oxygens (including phenoxy) is 1. The number of hydrogen-bond donors (Lipinski definition) is 1. The number of thiazole rings is 1. The molecule has 0 aliphatic heterocycles. The Kier molecular flexibility index (Phi) is 7.79. The van der Waals surface area contributed by atoms with Crippen LogP contribution in [0.25, 0.3) is 10.2 Å². The van der Waals surface area contributed by atoms with Gasteiger partial charge in [0.2, 0.25) is 0 Å². The Bertz CT molecular complexity index is 1060. The van der Waals surface area contributed by atoms with Crippen LogP contribution in [0, 0.1) is 0 Å². The molecule has 1 aromatic heterocycles. The topological polar surface area (TPSA) is 68.3 Å². The normalized spacial score (nSPS) is 11.5. The van der Waals surface area contributed by atoms with Gasteiger partial charge in [0.05, 0.1) is 26.5 Å². The maximum Gasteiger partial charge on any atom is 0.416 e. The Morgan fingerprint density at radius 3 is 2.71 bits per heavy atom. The number of carbonyl (C=O) groups is 2. The molecule has 2 aromatic carbocycles. The van der Waals surface area contributed by atoms with Gasteiger partial charge in [-0.1, -0.05) is 35.5 Å². The molecule has 0 fully saturated rings. The van der Waals surface area contributed by atoms with Gasteiger partial charge in [0.25, 0.3) is 5.91 Å². The molecule has 3 rings (SSSR count). The van der Waals surface area contributed by atoms with Crippen molar-refractivity contribution in [2.24, 2.45) is 0 Å². The number of benzene rings is 2. The van der Waals surface area contributed by atoms with Crippen molar-refractivity contribution in [1.82, 2.24) is 4.98 Å². The fraction of sp³-hybridized carbons (Fsp3) is 0.250. The number of thioether (sulfide) groups is 1. The van der Waals surface area contributed by atoms with Crippen LogP contribution in [0.5, 0.6) is 0 Å². The fourth-order valence-corrected chi connectivity index (χ4v) is 4.73. The maximum atomic E-state index is 12.8. The molecule has 0 bridgehead atoms. The van der Waals surface area contributed by atoms with Crippen LogP contribution in [0.4, 0.5) is 18.9 Å². The minimum absolute atomic E-state index is 0.0560. The van der Waals surface area contributed by atoms with Crippen LogP contribution >= 0.6 is 34.7 Å². The first-order valence-corrected chi connectivity index (χ1v) is 11.2. The van der Waals surface area contributed by atoms with E-state index in [0.29, 0.717) is 12.2 Å². The van der Waals surface area contributed by atoms with E-state index in [1.165, 1.54) is 11.8 Å². The van der Waals surface area contributed by atoms with Gasteiger partial charge in [0, 0.05) is 12.2 Å². The van der Waals surface area contributed by atoms with E-state index in [2.05, 4.69) is 10.3 Å². The summed E-state index contributed by atoms with van der Waals surface area (Å²) < 4.78 is 45.2. The number of alkyl halides is 3. The van der Waals surface area contributed by atoms with Crippen LogP contribution in [0.1, 0.15) is 18.4 Å². The van der Waals surface area contributed by atoms with Crippen LogP contribution < -0.4 is 5.32 Å². The first-order chi connectivity index (χ1) is 14.7. The van der Waals surface area contributed by atoms with Crippen LogP contribution in [-0.4, -0.2) is 29.2 Å². The van der Waals surface area contributed by atoms with Crippen LogP contribution in [0.3, 0.4) is 0 Å². The van der Waals surface area contributed by atoms with Gasteiger partial charge in [-0.15, -0.1) is 11.3 Å². The average Bonchev–Trinajstić information content (AvgIpc) is 3.13. The summed E-state index contributed by atoms with van der Waals surface area (Å²) in [6, 6.07) is 10.4. The van der Waals surface area contributed by atoms with Gasteiger partial charge >= 0.3 is 12.1 Å². The second kappa shape index (κ2) is 10.3. The van der Waals surface area contributed by atoms with Gasteiger partial charge in [-0.3, -0.25) is 9.59 Å². The highest BCUT2D eigenvalue weighted by Crippen LogP contribution is 2.34. The Labute approximate surface area is 188 Å². The number of amides is 1. The predicted octanol–water partition coefficient (Wildman–Crippen LogP) is 6.02. The number of halogens is 4. The van der Waals surface area contributed by atoms with Crippen molar-refractivity contribution >= 4 is 62.5 Å². The van der Waals surface area contributed by atoms with E-state index in [4.69, 9.17) is 16.3 Å². The summed E-state index contributed by atoms with van der Waals surface area (Å²) in [6.45, 7) is -0.615. The van der Waals surface area contributed by atoms with E-state index in [1.807, 2.05) is 24.3 Å². The van der Waals surface area contributed by atoms with E-state index in [-0.39, 0.29) is 17.1 Å². The predicted molar refractivity (Wildman–Crippen MR) is 116 cm³/mol. The van der Waals surface area contributed by atoms with E-state index in [9.17, 15) is 22.8 Å². The van der Waals surface area contributed by atoms with Crippen molar-refractivity contribution < 1.29 is 27.5 Å². The molecule has 0 radical (unpaired) electrons. The summed E-state index contributed by atoms with van der Waals surface area (Å²) in [5.41, 5.74) is -0.221. The second-order valence-corrected chi connectivity index (χ2v) is 9.08. The molecule has 1 amide bonds. The highest BCUT2D eigenvalue weighted by atomic mass is 35.5. The van der Waals surface area contributed by atoms with Crippen molar-refractivity contribution in [2.75, 3.05) is 17.7 Å². The lowest BCUT2D eigenvalue weighted by Gasteiger charge is -2.11. The molecule has 0 aliphatic rings. The maximum absolute atomic E-state index is 12.8. The Balaban J connectivity index is 1.39. The highest BCUT2D eigenvalue weighted by molar-refractivity contribution is 8.01. The number of carbonyl (C=O) groups excluding carboxylic acids is 2. The third-order valence-electron chi connectivity index (χ3n) is 3.96. The molecule has 0 aliphatic carbocycles. The van der Waals surface area contributed by atoms with Gasteiger partial charge in [-0.05, 0) is 36.8 Å². The minimum Gasteiger partial charge on any atom is -0.456 e. The molecule has 1 N–H and O–H groups in total. The fourth-order valence-electron chi connectivity index (χ4n) is 2.49. The lowest BCUT2D eigenvalue weighted by Crippen LogP contribution is -2.21. The van der Waals surface area contributed by atoms with Gasteiger partial charge in [-0.2, -0.15) is 13.2 Å². The summed E-state index contributed by atoms with van der Waals surface area (Å²) in [6.07, 6.45) is -3.93. The van der Waals surface area contributed by atoms with E-state index in [0.717, 1.165) is 32.8 Å².